The maximum absolute atomic E-state index is 13.9. The quantitative estimate of drug-likeness (QED) is 0.159. The molecule has 210 valence electrons. The summed E-state index contributed by atoms with van der Waals surface area (Å²) in [5, 5.41) is 0.980. The summed E-state index contributed by atoms with van der Waals surface area (Å²) in [7, 11) is 1.50. The van der Waals surface area contributed by atoms with Crippen LogP contribution in [0.25, 0.3) is 16.7 Å². The fourth-order valence-electron chi connectivity index (χ4n) is 4.23. The number of carbonyl (C=O) groups is 1. The number of nitrogens with two attached hydrogens (primary N) is 1. The van der Waals surface area contributed by atoms with Crippen LogP contribution < -0.4 is 11.2 Å². The van der Waals surface area contributed by atoms with Gasteiger partial charge in [-0.25, -0.2) is 0 Å². The molecule has 0 radical (unpaired) electrons. The Kier molecular flexibility index (Phi) is 12.8. The molecule has 0 amide bonds. The Bertz CT molecular complexity index is 1210. The second kappa shape index (κ2) is 14.7. The fraction of sp³-hybridized carbons (Fsp3) is 0.433. The Labute approximate surface area is 224 Å². The van der Waals surface area contributed by atoms with Crippen LogP contribution in [-0.2, 0) is 28.8 Å². The number of carbonyl (C=O) groups excluding carboxylic acids is 1. The highest BCUT2D eigenvalue weighted by Gasteiger charge is 2.34. The number of hydrogen-bond donors (Lipinski definition) is 2. The van der Waals surface area contributed by atoms with Crippen LogP contribution in [0.15, 0.2) is 54.2 Å². The van der Waals surface area contributed by atoms with Crippen molar-refractivity contribution in [2.24, 2.45) is 11.7 Å². The van der Waals surface area contributed by atoms with Gasteiger partial charge in [-0.05, 0) is 74.6 Å². The van der Waals surface area contributed by atoms with Gasteiger partial charge in [0, 0.05) is 22.7 Å². The summed E-state index contributed by atoms with van der Waals surface area (Å²) < 4.78 is 43.5. The molecule has 0 bridgehead atoms. The van der Waals surface area contributed by atoms with Crippen molar-refractivity contribution >= 4 is 22.9 Å². The lowest BCUT2D eigenvalue weighted by Crippen LogP contribution is -2.20. The highest BCUT2D eigenvalue weighted by Crippen LogP contribution is 2.36. The zero-order valence-corrected chi connectivity index (χ0v) is 22.4. The Balaban J connectivity index is 0.00000235. The Hall–Kier alpha value is -3.10. The molecule has 0 aliphatic rings. The van der Waals surface area contributed by atoms with Crippen molar-refractivity contribution in [2.75, 3.05) is 7.05 Å². The smallest absolute Gasteiger partial charge is 0.408 e. The number of nitrogens with zero attached hydrogens (tertiary/aromatic N) is 1. The van der Waals surface area contributed by atoms with Gasteiger partial charge in [-0.1, -0.05) is 52.5 Å². The minimum Gasteiger partial charge on any atom is -0.408 e. The average Bonchev–Trinajstić information content (AvgIpc) is 3.28. The molecule has 0 spiro atoms. The molecule has 0 aliphatic heterocycles. The summed E-state index contributed by atoms with van der Waals surface area (Å²) in [5.41, 5.74) is 10.3. The Morgan fingerprint density at radius 2 is 1.82 bits per heavy atom. The first kappa shape index (κ1) is 32.9. The number of rotatable bonds is 10. The standard InChI is InChI=1S/C28H33F3N2O2.CH5N.CH4/c1-6-19(4)27(22-11-10-21(16-18(2)3)25(17-22)28(29,30)31)35-32-20(5)23-8-7-9-26-24(23)12-13-33(26)14-15-34;1-2;/h7-13,15,17-18,20,32H,6,14,16H2,1-5H3;2H2,1H3;1H4. The molecule has 8 heteroatoms. The monoisotopic (exact) mass is 533 g/mol. The van der Waals surface area contributed by atoms with Crippen LogP contribution in [0.1, 0.15) is 76.8 Å². The van der Waals surface area contributed by atoms with E-state index in [9.17, 15) is 18.0 Å². The lowest BCUT2D eigenvalue weighted by atomic mass is 9.94. The zero-order chi connectivity index (χ0) is 27.8. The van der Waals surface area contributed by atoms with E-state index < -0.39 is 11.7 Å². The topological polar surface area (TPSA) is 69.3 Å². The van der Waals surface area contributed by atoms with Crippen molar-refractivity contribution < 1.29 is 22.8 Å². The molecule has 1 unspecified atom stereocenters. The van der Waals surface area contributed by atoms with Gasteiger partial charge in [-0.15, -0.1) is 5.48 Å². The van der Waals surface area contributed by atoms with Gasteiger partial charge in [0.25, 0.3) is 0 Å². The zero-order valence-electron chi connectivity index (χ0n) is 22.4. The van der Waals surface area contributed by atoms with Gasteiger partial charge < -0.3 is 19.9 Å². The van der Waals surface area contributed by atoms with E-state index in [0.29, 0.717) is 24.2 Å². The van der Waals surface area contributed by atoms with Gasteiger partial charge in [-0.3, -0.25) is 0 Å². The molecule has 0 saturated heterocycles. The number of halogens is 3. The van der Waals surface area contributed by atoms with Crippen molar-refractivity contribution in [1.82, 2.24) is 10.0 Å². The van der Waals surface area contributed by atoms with E-state index in [1.165, 1.54) is 13.1 Å². The second-order valence-electron chi connectivity index (χ2n) is 9.29. The lowest BCUT2D eigenvalue weighted by Gasteiger charge is -2.21. The first-order valence-electron chi connectivity index (χ1n) is 12.5. The highest BCUT2D eigenvalue weighted by molar-refractivity contribution is 5.84. The molecule has 0 aliphatic carbocycles. The molecule has 3 N–H and O–H groups in total. The number of benzene rings is 2. The Morgan fingerprint density at radius 1 is 1.13 bits per heavy atom. The molecule has 0 saturated carbocycles. The summed E-state index contributed by atoms with van der Waals surface area (Å²) in [6, 6.07) is 12.0. The average molecular weight is 534 g/mol. The number of fused-ring (bicyclic) bond motifs is 1. The summed E-state index contributed by atoms with van der Waals surface area (Å²) in [5.74, 6) is 0.504. The SMILES string of the molecule is C.CCC(C)=C(ONC(C)c1cccc2c1ccn2CC=O)c1ccc(CC(C)C)c(C(F)(F)F)c1.CN. The molecule has 2 aromatic carbocycles. The number of hydroxylamine groups is 1. The van der Waals surface area contributed by atoms with Crippen LogP contribution in [0.2, 0.25) is 0 Å². The molecule has 3 rings (SSSR count). The molecular weight excluding hydrogens is 491 g/mol. The molecule has 1 aromatic heterocycles. The van der Waals surface area contributed by atoms with Crippen molar-refractivity contribution in [3.63, 3.8) is 0 Å². The van der Waals surface area contributed by atoms with E-state index in [1.54, 1.807) is 12.1 Å². The maximum Gasteiger partial charge on any atom is 0.416 e. The number of aromatic nitrogens is 1. The largest absolute Gasteiger partial charge is 0.416 e. The summed E-state index contributed by atoms with van der Waals surface area (Å²) in [4.78, 5) is 17.0. The molecule has 1 heterocycles. The number of nitrogens with one attached hydrogen (secondary N) is 1. The minimum atomic E-state index is -4.45. The van der Waals surface area contributed by atoms with E-state index in [0.717, 1.165) is 28.3 Å². The first-order valence-corrected chi connectivity index (χ1v) is 12.5. The third-order valence-corrected chi connectivity index (χ3v) is 6.15. The number of aldehydes is 1. The second-order valence-corrected chi connectivity index (χ2v) is 9.29. The number of allylic oxidation sites excluding steroid dienone is 1. The van der Waals surface area contributed by atoms with E-state index >= 15 is 0 Å². The van der Waals surface area contributed by atoms with Crippen LogP contribution >= 0.6 is 0 Å². The van der Waals surface area contributed by atoms with Crippen molar-refractivity contribution in [3.8, 4) is 0 Å². The van der Waals surface area contributed by atoms with Crippen LogP contribution in [0.5, 0.6) is 0 Å². The van der Waals surface area contributed by atoms with E-state index in [2.05, 4.69) is 11.2 Å². The molecule has 1 atom stereocenters. The summed E-state index contributed by atoms with van der Waals surface area (Å²) in [6.45, 7) is 9.80. The normalized spacial score (nSPS) is 12.8. The molecule has 3 aromatic rings. The number of alkyl halides is 3. The molecule has 0 fully saturated rings. The third kappa shape index (κ3) is 7.95. The summed E-state index contributed by atoms with van der Waals surface area (Å²) in [6.07, 6.45) is -0.755. The van der Waals surface area contributed by atoms with Crippen LogP contribution in [-0.4, -0.2) is 17.9 Å². The van der Waals surface area contributed by atoms with Gasteiger partial charge in [-0.2, -0.15) is 13.2 Å². The van der Waals surface area contributed by atoms with Crippen molar-refractivity contribution in [3.05, 3.63) is 76.5 Å². The van der Waals surface area contributed by atoms with Crippen molar-refractivity contribution in [2.45, 2.75) is 73.6 Å². The molecular formula is C30H42F3N3O2. The van der Waals surface area contributed by atoms with Crippen LogP contribution in [0, 0.1) is 5.92 Å². The third-order valence-electron chi connectivity index (χ3n) is 6.15. The van der Waals surface area contributed by atoms with Gasteiger partial charge in [0.05, 0.1) is 18.2 Å². The van der Waals surface area contributed by atoms with Crippen LogP contribution in [0.3, 0.4) is 0 Å². The van der Waals surface area contributed by atoms with Gasteiger partial charge in [0.1, 0.15) is 6.29 Å². The van der Waals surface area contributed by atoms with E-state index in [-0.39, 0.29) is 31.5 Å². The minimum absolute atomic E-state index is 0. The molecule has 5 nitrogen and oxygen atoms in total. The van der Waals surface area contributed by atoms with Gasteiger partial charge >= 0.3 is 6.18 Å². The number of hydrogen-bond acceptors (Lipinski definition) is 4. The van der Waals surface area contributed by atoms with E-state index in [1.807, 2.05) is 69.6 Å². The molecule has 38 heavy (non-hydrogen) atoms. The van der Waals surface area contributed by atoms with Crippen molar-refractivity contribution in [1.29, 1.82) is 0 Å². The van der Waals surface area contributed by atoms with Gasteiger partial charge in [0.15, 0.2) is 5.76 Å². The highest BCUT2D eigenvalue weighted by atomic mass is 19.4. The van der Waals surface area contributed by atoms with E-state index in [4.69, 9.17) is 4.84 Å². The summed E-state index contributed by atoms with van der Waals surface area (Å²) >= 11 is 0. The Morgan fingerprint density at radius 3 is 2.39 bits per heavy atom. The maximum atomic E-state index is 13.9. The predicted molar refractivity (Wildman–Crippen MR) is 150 cm³/mol. The lowest BCUT2D eigenvalue weighted by molar-refractivity contribution is -0.138. The first-order chi connectivity index (χ1) is 17.6. The predicted octanol–water partition coefficient (Wildman–Crippen LogP) is 7.69. The fourth-order valence-corrected chi connectivity index (χ4v) is 4.23. The van der Waals surface area contributed by atoms with Gasteiger partial charge in [0.2, 0.25) is 0 Å². The van der Waals surface area contributed by atoms with Crippen LogP contribution in [0.4, 0.5) is 13.2 Å².